The first-order valence-corrected chi connectivity index (χ1v) is 6.92. The second kappa shape index (κ2) is 6.34. The van der Waals surface area contributed by atoms with Crippen molar-refractivity contribution in [3.05, 3.63) is 53.7 Å². The molecule has 2 aromatic rings. The molecular formula is C15H13NO3S. The average Bonchev–Trinajstić information content (AvgIpc) is 2.47. The van der Waals surface area contributed by atoms with E-state index in [4.69, 9.17) is 5.11 Å². The van der Waals surface area contributed by atoms with E-state index in [0.717, 1.165) is 4.90 Å². The molecule has 0 amide bonds. The van der Waals surface area contributed by atoms with Crippen LogP contribution in [-0.4, -0.2) is 21.8 Å². The van der Waals surface area contributed by atoms with Gasteiger partial charge in [0.25, 0.3) is 0 Å². The van der Waals surface area contributed by atoms with Crippen molar-refractivity contribution < 1.29 is 14.7 Å². The SMILES string of the molecule is CCC(=O)c1ccc(Sc2cc(C(=O)O)ccn2)cc1. The number of hydrogen-bond donors (Lipinski definition) is 1. The summed E-state index contributed by atoms with van der Waals surface area (Å²) in [4.78, 5) is 27.4. The molecular weight excluding hydrogens is 274 g/mol. The summed E-state index contributed by atoms with van der Waals surface area (Å²) in [7, 11) is 0. The summed E-state index contributed by atoms with van der Waals surface area (Å²) in [5.74, 6) is -0.870. The summed E-state index contributed by atoms with van der Waals surface area (Å²) in [6.07, 6.45) is 1.95. The lowest BCUT2D eigenvalue weighted by molar-refractivity contribution is 0.0696. The number of rotatable bonds is 5. The van der Waals surface area contributed by atoms with E-state index < -0.39 is 5.97 Å². The molecule has 102 valence electrons. The van der Waals surface area contributed by atoms with Crippen molar-refractivity contribution in [2.75, 3.05) is 0 Å². The molecule has 5 heteroatoms. The first kappa shape index (κ1) is 14.3. The van der Waals surface area contributed by atoms with Crippen LogP contribution in [0.2, 0.25) is 0 Å². The number of carboxylic acid groups (broad SMARTS) is 1. The van der Waals surface area contributed by atoms with Crippen molar-refractivity contribution in [2.45, 2.75) is 23.3 Å². The Hall–Kier alpha value is -2.14. The molecule has 0 aliphatic rings. The minimum absolute atomic E-state index is 0.104. The van der Waals surface area contributed by atoms with E-state index >= 15 is 0 Å². The van der Waals surface area contributed by atoms with Crippen molar-refractivity contribution in [3.8, 4) is 0 Å². The third-order valence-electron chi connectivity index (χ3n) is 2.70. The number of aromatic nitrogens is 1. The normalized spacial score (nSPS) is 10.2. The molecule has 0 aliphatic carbocycles. The first-order chi connectivity index (χ1) is 9.60. The van der Waals surface area contributed by atoms with Gasteiger partial charge in [0.05, 0.1) is 5.56 Å². The fraction of sp³-hybridized carbons (Fsp3) is 0.133. The second-order valence-corrected chi connectivity index (χ2v) is 5.18. The monoisotopic (exact) mass is 287 g/mol. The molecule has 0 fully saturated rings. The predicted octanol–water partition coefficient (Wildman–Crippen LogP) is 3.52. The average molecular weight is 287 g/mol. The number of aromatic carboxylic acids is 1. The van der Waals surface area contributed by atoms with Gasteiger partial charge in [0.1, 0.15) is 5.03 Å². The number of ketones is 1. The van der Waals surface area contributed by atoms with Crippen molar-refractivity contribution in [1.82, 2.24) is 4.98 Å². The van der Waals surface area contributed by atoms with Crippen LogP contribution >= 0.6 is 11.8 Å². The topological polar surface area (TPSA) is 67.3 Å². The predicted molar refractivity (Wildman–Crippen MR) is 76.4 cm³/mol. The van der Waals surface area contributed by atoms with Crippen LogP contribution in [0.15, 0.2) is 52.5 Å². The quantitative estimate of drug-likeness (QED) is 0.852. The van der Waals surface area contributed by atoms with Crippen molar-refractivity contribution >= 4 is 23.5 Å². The Labute approximate surface area is 120 Å². The van der Waals surface area contributed by atoms with E-state index in [1.54, 1.807) is 12.1 Å². The number of pyridine rings is 1. The number of carboxylic acids is 1. The third kappa shape index (κ3) is 3.45. The first-order valence-electron chi connectivity index (χ1n) is 6.10. The molecule has 0 aliphatic heterocycles. The highest BCUT2D eigenvalue weighted by atomic mass is 32.2. The lowest BCUT2D eigenvalue weighted by Crippen LogP contribution is -1.97. The van der Waals surface area contributed by atoms with E-state index in [2.05, 4.69) is 4.98 Å². The van der Waals surface area contributed by atoms with E-state index in [-0.39, 0.29) is 11.3 Å². The zero-order valence-electron chi connectivity index (χ0n) is 10.9. The molecule has 1 heterocycles. The summed E-state index contributed by atoms with van der Waals surface area (Å²) in [6.45, 7) is 1.83. The molecule has 2 rings (SSSR count). The molecule has 0 atom stereocenters. The van der Waals surface area contributed by atoms with Gasteiger partial charge in [-0.1, -0.05) is 30.8 Å². The maximum Gasteiger partial charge on any atom is 0.335 e. The number of benzene rings is 1. The van der Waals surface area contributed by atoms with Gasteiger partial charge in [-0.3, -0.25) is 4.79 Å². The maximum atomic E-state index is 11.5. The molecule has 1 aromatic heterocycles. The largest absolute Gasteiger partial charge is 0.478 e. The van der Waals surface area contributed by atoms with Crippen LogP contribution in [0.1, 0.15) is 34.1 Å². The van der Waals surface area contributed by atoms with Gasteiger partial charge in [-0.2, -0.15) is 0 Å². The molecule has 0 radical (unpaired) electrons. The Morgan fingerprint density at radius 3 is 2.45 bits per heavy atom. The summed E-state index contributed by atoms with van der Waals surface area (Å²) in [6, 6.07) is 10.2. The van der Waals surface area contributed by atoms with Gasteiger partial charge < -0.3 is 5.11 Å². The summed E-state index contributed by atoms with van der Waals surface area (Å²) in [5.41, 5.74) is 0.893. The van der Waals surface area contributed by atoms with Crippen LogP contribution in [0.25, 0.3) is 0 Å². The van der Waals surface area contributed by atoms with Gasteiger partial charge in [-0.25, -0.2) is 9.78 Å². The van der Waals surface area contributed by atoms with Gasteiger partial charge in [0.15, 0.2) is 5.78 Å². The fourth-order valence-electron chi connectivity index (χ4n) is 1.63. The van der Waals surface area contributed by atoms with Crippen LogP contribution < -0.4 is 0 Å². The number of nitrogens with zero attached hydrogens (tertiary/aromatic N) is 1. The maximum absolute atomic E-state index is 11.5. The summed E-state index contributed by atoms with van der Waals surface area (Å²) < 4.78 is 0. The molecule has 1 aromatic carbocycles. The molecule has 0 bridgehead atoms. The highest BCUT2D eigenvalue weighted by Gasteiger charge is 2.07. The molecule has 0 unspecified atom stereocenters. The van der Waals surface area contributed by atoms with E-state index in [0.29, 0.717) is 17.0 Å². The molecule has 1 N–H and O–H groups in total. The lowest BCUT2D eigenvalue weighted by Gasteiger charge is -2.03. The van der Waals surface area contributed by atoms with Crippen molar-refractivity contribution in [2.24, 2.45) is 0 Å². The Morgan fingerprint density at radius 1 is 1.15 bits per heavy atom. The van der Waals surface area contributed by atoms with E-state index in [1.165, 1.54) is 30.1 Å². The van der Waals surface area contributed by atoms with Gasteiger partial charge in [0.2, 0.25) is 0 Å². The van der Waals surface area contributed by atoms with Gasteiger partial charge in [0, 0.05) is 23.1 Å². The van der Waals surface area contributed by atoms with Crippen molar-refractivity contribution in [1.29, 1.82) is 0 Å². The minimum atomic E-state index is -0.974. The molecule has 0 spiro atoms. The number of hydrogen-bond acceptors (Lipinski definition) is 4. The van der Waals surface area contributed by atoms with Gasteiger partial charge in [-0.05, 0) is 24.3 Å². The standard InChI is InChI=1S/C15H13NO3S/c1-2-13(17)10-3-5-12(6-4-10)20-14-9-11(15(18)19)7-8-16-14/h3-9H,2H2,1H3,(H,18,19). The van der Waals surface area contributed by atoms with Crippen LogP contribution in [0.3, 0.4) is 0 Å². The third-order valence-corrected chi connectivity index (χ3v) is 3.64. The van der Waals surface area contributed by atoms with Crippen molar-refractivity contribution in [3.63, 3.8) is 0 Å². The molecule has 4 nitrogen and oxygen atoms in total. The molecule has 0 saturated carbocycles. The van der Waals surface area contributed by atoms with Gasteiger partial charge >= 0.3 is 5.97 Å². The van der Waals surface area contributed by atoms with Crippen LogP contribution in [0, 0.1) is 0 Å². The summed E-state index contributed by atoms with van der Waals surface area (Å²) >= 11 is 1.36. The van der Waals surface area contributed by atoms with Crippen LogP contribution in [0.4, 0.5) is 0 Å². The smallest absolute Gasteiger partial charge is 0.335 e. The summed E-state index contributed by atoms with van der Waals surface area (Å²) in [5, 5.41) is 9.54. The highest BCUT2D eigenvalue weighted by Crippen LogP contribution is 2.26. The van der Waals surface area contributed by atoms with E-state index in [9.17, 15) is 9.59 Å². The van der Waals surface area contributed by atoms with Crippen LogP contribution in [0.5, 0.6) is 0 Å². The van der Waals surface area contributed by atoms with Gasteiger partial charge in [-0.15, -0.1) is 0 Å². The number of Topliss-reactive ketones (excluding diaryl/α,β-unsaturated/α-hetero) is 1. The molecule has 0 saturated heterocycles. The Kier molecular flexibility index (Phi) is 4.53. The lowest BCUT2D eigenvalue weighted by atomic mass is 10.1. The van der Waals surface area contributed by atoms with E-state index in [1.807, 2.05) is 19.1 Å². The number of carbonyl (C=O) groups is 2. The highest BCUT2D eigenvalue weighted by molar-refractivity contribution is 7.99. The fourth-order valence-corrected chi connectivity index (χ4v) is 2.45. The zero-order chi connectivity index (χ0) is 14.5. The molecule has 20 heavy (non-hydrogen) atoms. The Bertz CT molecular complexity index is 638. The number of carbonyl (C=O) groups excluding carboxylic acids is 1. The Balaban J connectivity index is 2.16. The minimum Gasteiger partial charge on any atom is -0.478 e. The van der Waals surface area contributed by atoms with Crippen LogP contribution in [-0.2, 0) is 0 Å². The zero-order valence-corrected chi connectivity index (χ0v) is 11.7. The second-order valence-electron chi connectivity index (χ2n) is 4.09. The Morgan fingerprint density at radius 2 is 1.85 bits per heavy atom.